The van der Waals surface area contributed by atoms with Crippen LogP contribution < -0.4 is 10.6 Å². The van der Waals surface area contributed by atoms with Crippen LogP contribution in [0, 0.1) is 21.4 Å². The molecule has 0 bridgehead atoms. The molecule has 0 atom stereocenters. The van der Waals surface area contributed by atoms with Gasteiger partial charge in [0.1, 0.15) is 11.6 Å². The van der Waals surface area contributed by atoms with Gasteiger partial charge in [-0.3, -0.25) is 14.9 Å². The number of amides is 1. The van der Waals surface area contributed by atoms with E-state index in [1.807, 2.05) is 66.7 Å². The Kier molecular flexibility index (Phi) is 6.54. The van der Waals surface area contributed by atoms with Crippen LogP contribution in [-0.4, -0.2) is 10.8 Å². The van der Waals surface area contributed by atoms with E-state index in [9.17, 15) is 20.2 Å². The third-order valence-corrected chi connectivity index (χ3v) is 4.34. The van der Waals surface area contributed by atoms with Gasteiger partial charge in [0.2, 0.25) is 0 Å². The van der Waals surface area contributed by atoms with Crippen LogP contribution in [0.15, 0.2) is 96.7 Å². The van der Waals surface area contributed by atoms with Crippen LogP contribution in [0.2, 0.25) is 0 Å². The minimum absolute atomic E-state index is 0.151. The Morgan fingerprint density at radius 3 is 2.10 bits per heavy atom. The molecule has 3 aromatic carbocycles. The fraction of sp³-hybridized carbons (Fsp3) is 0.0435. The minimum Gasteiger partial charge on any atom is -0.379 e. The van der Waals surface area contributed by atoms with Gasteiger partial charge in [0.05, 0.1) is 11.0 Å². The van der Waals surface area contributed by atoms with Crippen LogP contribution in [0.3, 0.4) is 0 Å². The summed E-state index contributed by atoms with van der Waals surface area (Å²) in [5.41, 5.74) is 1.87. The molecule has 3 rings (SSSR count). The summed E-state index contributed by atoms with van der Waals surface area (Å²) in [6, 6.07) is 26.4. The summed E-state index contributed by atoms with van der Waals surface area (Å²) in [5.74, 6) is -0.662. The topological polar surface area (TPSA) is 108 Å². The molecular formula is C23H18N4O3. The lowest BCUT2D eigenvalue weighted by atomic mass is 9.99. The lowest BCUT2D eigenvalue weighted by molar-refractivity contribution is -0.384. The second-order valence-electron chi connectivity index (χ2n) is 6.35. The molecule has 0 aliphatic carbocycles. The van der Waals surface area contributed by atoms with Gasteiger partial charge >= 0.3 is 0 Å². The molecule has 7 heteroatoms. The Morgan fingerprint density at radius 2 is 1.57 bits per heavy atom. The zero-order chi connectivity index (χ0) is 21.3. The van der Waals surface area contributed by atoms with Gasteiger partial charge in [-0.05, 0) is 17.2 Å². The highest BCUT2D eigenvalue weighted by atomic mass is 16.6. The Bertz CT molecular complexity index is 1070. The zero-order valence-corrected chi connectivity index (χ0v) is 15.9. The Morgan fingerprint density at radius 1 is 0.967 bits per heavy atom. The number of nitrogens with one attached hydrogen (secondary N) is 2. The number of benzene rings is 3. The van der Waals surface area contributed by atoms with Crippen molar-refractivity contribution in [1.82, 2.24) is 5.32 Å². The van der Waals surface area contributed by atoms with Gasteiger partial charge in [0.15, 0.2) is 0 Å². The van der Waals surface area contributed by atoms with Crippen LogP contribution >= 0.6 is 0 Å². The number of hydrogen-bond donors (Lipinski definition) is 2. The molecule has 0 spiro atoms. The van der Waals surface area contributed by atoms with Crippen LogP contribution in [0.25, 0.3) is 0 Å². The number of rotatable bonds is 7. The highest BCUT2D eigenvalue weighted by Gasteiger charge is 2.15. The summed E-state index contributed by atoms with van der Waals surface area (Å²) in [7, 11) is 0. The molecule has 0 saturated carbocycles. The molecule has 0 heterocycles. The van der Waals surface area contributed by atoms with Crippen molar-refractivity contribution in [2.75, 3.05) is 5.32 Å². The van der Waals surface area contributed by atoms with Crippen molar-refractivity contribution in [1.29, 1.82) is 5.26 Å². The number of anilines is 1. The first kappa shape index (κ1) is 20.3. The number of nitrogens with zero attached hydrogens (tertiary/aromatic N) is 2. The number of carbonyl (C=O) groups excluding carboxylic acids is 1. The molecule has 7 nitrogen and oxygen atoms in total. The van der Waals surface area contributed by atoms with Gasteiger partial charge in [0, 0.05) is 24.0 Å². The maximum Gasteiger partial charge on any atom is 0.271 e. The fourth-order valence-electron chi connectivity index (χ4n) is 2.89. The van der Waals surface area contributed by atoms with E-state index in [0.29, 0.717) is 0 Å². The van der Waals surface area contributed by atoms with Crippen molar-refractivity contribution < 1.29 is 9.72 Å². The minimum atomic E-state index is -0.662. The predicted molar refractivity (Wildman–Crippen MR) is 113 cm³/mol. The van der Waals surface area contributed by atoms with Crippen LogP contribution in [0.1, 0.15) is 17.2 Å². The van der Waals surface area contributed by atoms with E-state index < -0.39 is 10.8 Å². The number of nitro groups is 1. The van der Waals surface area contributed by atoms with Crippen molar-refractivity contribution in [2.24, 2.45) is 0 Å². The Balaban J connectivity index is 1.82. The summed E-state index contributed by atoms with van der Waals surface area (Å²) in [5, 5.41) is 26.0. The third kappa shape index (κ3) is 5.09. The van der Waals surface area contributed by atoms with Crippen molar-refractivity contribution in [3.63, 3.8) is 0 Å². The Labute approximate surface area is 173 Å². The molecular weight excluding hydrogens is 380 g/mol. The third-order valence-electron chi connectivity index (χ3n) is 4.34. The number of hydrogen-bond acceptors (Lipinski definition) is 5. The summed E-state index contributed by atoms with van der Waals surface area (Å²) in [4.78, 5) is 22.8. The van der Waals surface area contributed by atoms with Crippen molar-refractivity contribution >= 4 is 17.3 Å². The number of non-ortho nitro benzene ring substituents is 1. The highest BCUT2D eigenvalue weighted by Crippen LogP contribution is 2.22. The maximum atomic E-state index is 12.5. The second-order valence-corrected chi connectivity index (χ2v) is 6.35. The van der Waals surface area contributed by atoms with Crippen molar-refractivity contribution in [3.05, 3.63) is 118 Å². The predicted octanol–water partition coefficient (Wildman–Crippen LogP) is 4.32. The van der Waals surface area contributed by atoms with E-state index in [0.717, 1.165) is 11.1 Å². The van der Waals surface area contributed by atoms with Gasteiger partial charge in [-0.2, -0.15) is 5.26 Å². The van der Waals surface area contributed by atoms with Gasteiger partial charge in [-0.1, -0.05) is 66.7 Å². The summed E-state index contributed by atoms with van der Waals surface area (Å²) < 4.78 is 0. The Hall–Kier alpha value is -4.44. The molecule has 1 amide bonds. The van der Waals surface area contributed by atoms with E-state index in [1.54, 1.807) is 0 Å². The lowest BCUT2D eigenvalue weighted by Crippen LogP contribution is -2.21. The first-order chi connectivity index (χ1) is 14.6. The molecule has 0 radical (unpaired) electrons. The van der Waals surface area contributed by atoms with Gasteiger partial charge in [0.25, 0.3) is 11.6 Å². The van der Waals surface area contributed by atoms with E-state index in [1.165, 1.54) is 30.5 Å². The van der Waals surface area contributed by atoms with Crippen LogP contribution in [-0.2, 0) is 4.79 Å². The molecule has 0 aliphatic rings. The first-order valence-electron chi connectivity index (χ1n) is 9.10. The number of nitro benzene ring substituents is 1. The molecule has 148 valence electrons. The van der Waals surface area contributed by atoms with Crippen molar-refractivity contribution in [2.45, 2.75) is 6.04 Å². The molecule has 0 aromatic heterocycles. The largest absolute Gasteiger partial charge is 0.379 e. The lowest BCUT2D eigenvalue weighted by Gasteiger charge is -2.19. The monoisotopic (exact) mass is 398 g/mol. The average Bonchev–Trinajstić information content (AvgIpc) is 2.78. The number of nitriles is 1. The molecule has 0 unspecified atom stereocenters. The van der Waals surface area contributed by atoms with E-state index in [4.69, 9.17) is 0 Å². The molecule has 0 saturated heterocycles. The van der Waals surface area contributed by atoms with Crippen LogP contribution in [0.4, 0.5) is 11.4 Å². The smallest absolute Gasteiger partial charge is 0.271 e. The van der Waals surface area contributed by atoms with E-state index in [-0.39, 0.29) is 23.0 Å². The number of carbonyl (C=O) groups is 1. The summed E-state index contributed by atoms with van der Waals surface area (Å²) in [6.07, 6.45) is 1.36. The maximum absolute atomic E-state index is 12.5. The van der Waals surface area contributed by atoms with E-state index >= 15 is 0 Å². The SMILES string of the molecule is N#C/C(=C/NC(c1ccccc1)c1ccccc1)C(=O)Nc1cccc([N+](=O)[O-])c1. The molecule has 30 heavy (non-hydrogen) atoms. The molecule has 0 fully saturated rings. The fourth-order valence-corrected chi connectivity index (χ4v) is 2.89. The van der Waals surface area contributed by atoms with E-state index in [2.05, 4.69) is 10.6 Å². The molecule has 3 aromatic rings. The highest BCUT2D eigenvalue weighted by molar-refractivity contribution is 6.06. The average molecular weight is 398 g/mol. The van der Waals surface area contributed by atoms with Crippen molar-refractivity contribution in [3.8, 4) is 6.07 Å². The van der Waals surface area contributed by atoms with Crippen LogP contribution in [0.5, 0.6) is 0 Å². The summed E-state index contributed by atoms with van der Waals surface area (Å²) >= 11 is 0. The quantitative estimate of drug-likeness (QED) is 0.267. The summed E-state index contributed by atoms with van der Waals surface area (Å²) in [6.45, 7) is 0. The normalized spacial score (nSPS) is 10.9. The van der Waals surface area contributed by atoms with Gasteiger partial charge in [-0.15, -0.1) is 0 Å². The zero-order valence-electron chi connectivity index (χ0n) is 15.9. The molecule has 2 N–H and O–H groups in total. The van der Waals surface area contributed by atoms with Gasteiger partial charge in [-0.25, -0.2) is 0 Å². The van der Waals surface area contributed by atoms with Gasteiger partial charge < -0.3 is 10.6 Å². The molecule has 0 aliphatic heterocycles. The first-order valence-corrected chi connectivity index (χ1v) is 9.10. The second kappa shape index (κ2) is 9.66. The standard InChI is InChI=1S/C23H18N4O3/c24-15-19(23(28)26-20-12-7-13-21(14-20)27(29)30)16-25-22(17-8-3-1-4-9-17)18-10-5-2-6-11-18/h1-14,16,22,25H,(H,26,28)/b19-16-.